The quantitative estimate of drug-likeness (QED) is 0.0530. The summed E-state index contributed by atoms with van der Waals surface area (Å²) in [5.41, 5.74) is 0.686. The average Bonchev–Trinajstić information content (AvgIpc) is 1.56. The van der Waals surface area contributed by atoms with Crippen molar-refractivity contribution in [2.75, 3.05) is 55.7 Å². The number of allylic oxidation sites excluding steroid dienone is 4. The molecule has 4 bridgehead atoms. The fourth-order valence-corrected chi connectivity index (χ4v) is 22.5. The molecule has 0 aromatic heterocycles. The molecule has 0 radical (unpaired) electrons. The first-order valence-electron chi connectivity index (χ1n) is 48.8. The van der Waals surface area contributed by atoms with Crippen molar-refractivity contribution in [2.45, 2.75) is 376 Å². The van der Waals surface area contributed by atoms with E-state index in [0.717, 1.165) is 17.6 Å². The minimum Gasteiger partial charge on any atom is -0.478 e. The number of aliphatic hydroxyl groups is 4. The normalized spacial score (nSPS) is 45.3. The Labute approximate surface area is 792 Å². The zero-order valence-corrected chi connectivity index (χ0v) is 82.6. The zero-order chi connectivity index (χ0) is 96.7. The number of aromatic carboxylic acids is 1. The first kappa shape index (κ1) is 105. The Morgan fingerprint density at radius 1 is 0.493 bits per heavy atom. The summed E-state index contributed by atoms with van der Waals surface area (Å²) in [4.78, 5) is 38.9. The Balaban J connectivity index is 0.000000207. The van der Waals surface area contributed by atoms with Gasteiger partial charge in [0.15, 0.2) is 36.7 Å². The van der Waals surface area contributed by atoms with Gasteiger partial charge in [0.1, 0.15) is 71.9 Å². The van der Waals surface area contributed by atoms with E-state index in [9.17, 15) is 34.8 Å². The number of hydrogen-bond donors (Lipinski definition) is 7. The smallest absolute Gasteiger partial charge is 0.335 e. The van der Waals surface area contributed by atoms with Crippen molar-refractivity contribution in [1.82, 2.24) is 10.6 Å². The molecule has 1 aromatic carbocycles. The lowest BCUT2D eigenvalue weighted by Gasteiger charge is -2.48. The van der Waals surface area contributed by atoms with Gasteiger partial charge >= 0.3 is 17.9 Å². The molecule has 12 heterocycles. The van der Waals surface area contributed by atoms with Crippen LogP contribution in [0, 0.1) is 47.3 Å². The van der Waals surface area contributed by atoms with Gasteiger partial charge in [0, 0.05) is 103 Å². The molecule has 8 fully saturated rings. The fraction of sp³-hybridized carbons (Fsp3) is 0.721. The van der Waals surface area contributed by atoms with Crippen LogP contribution in [-0.4, -0.2) is 293 Å². The van der Waals surface area contributed by atoms with Gasteiger partial charge in [-0.05, 0) is 152 Å². The lowest BCUT2D eigenvalue weighted by atomic mass is 9.71. The molecule has 0 unspecified atom stereocenters. The number of carbonyl (C=O) groups is 3. The number of aliphatic hydroxyl groups excluding tert-OH is 2. The van der Waals surface area contributed by atoms with Crippen molar-refractivity contribution >= 4 is 17.9 Å². The van der Waals surface area contributed by atoms with Gasteiger partial charge in [0.2, 0.25) is 0 Å². The van der Waals surface area contributed by atoms with E-state index in [1.54, 1.807) is 96.9 Å². The van der Waals surface area contributed by atoms with Crippen LogP contribution in [0.1, 0.15) is 192 Å². The summed E-state index contributed by atoms with van der Waals surface area (Å²) in [6, 6.07) is 8.38. The van der Waals surface area contributed by atoms with Crippen LogP contribution in [0.3, 0.4) is 0 Å². The van der Waals surface area contributed by atoms with Gasteiger partial charge in [-0.2, -0.15) is 0 Å². The molecule has 0 amide bonds. The van der Waals surface area contributed by atoms with Crippen LogP contribution in [0.2, 0.25) is 0 Å². The molecule has 0 saturated carbocycles. The third-order valence-corrected chi connectivity index (χ3v) is 30.2. The number of carboxylic acids is 1. The van der Waals surface area contributed by atoms with Crippen molar-refractivity contribution in [1.29, 1.82) is 0 Å². The van der Waals surface area contributed by atoms with E-state index >= 15 is 0 Å². The second-order valence-electron chi connectivity index (χ2n) is 40.1. The van der Waals surface area contributed by atoms with Crippen LogP contribution in [0.25, 0.3) is 0 Å². The number of carbonyl (C=O) groups excluding carboxylic acids is 2. The highest BCUT2D eigenvalue weighted by Crippen LogP contribution is 2.51. The number of hydrogen-bond acceptors (Lipinski definition) is 29. The molecule has 748 valence electrons. The molecular formula is C104H154N2O28. The number of likely N-dealkylation sites (N-methyl/N-ethyl adjacent to an activating group) is 2. The molecule has 134 heavy (non-hydrogen) atoms. The molecule has 39 atom stereocenters. The van der Waals surface area contributed by atoms with E-state index in [-0.39, 0.29) is 134 Å². The van der Waals surface area contributed by atoms with Gasteiger partial charge < -0.3 is 131 Å². The molecule has 30 nitrogen and oxygen atoms in total. The van der Waals surface area contributed by atoms with Crippen LogP contribution in [0.5, 0.6) is 0 Å². The first-order valence-corrected chi connectivity index (χ1v) is 48.8. The van der Waals surface area contributed by atoms with Crippen molar-refractivity contribution < 1.29 is 135 Å². The van der Waals surface area contributed by atoms with E-state index in [1.165, 1.54) is 0 Å². The summed E-state index contributed by atoms with van der Waals surface area (Å²) in [6.07, 6.45) is 20.5. The molecule has 2 aliphatic carbocycles. The van der Waals surface area contributed by atoms with Crippen molar-refractivity contribution in [2.24, 2.45) is 47.3 Å². The zero-order valence-electron chi connectivity index (χ0n) is 82.6. The lowest BCUT2D eigenvalue weighted by molar-refractivity contribution is -0.312. The average molecular weight is 1880 g/mol. The van der Waals surface area contributed by atoms with E-state index in [0.29, 0.717) is 92.1 Å². The van der Waals surface area contributed by atoms with Crippen LogP contribution >= 0.6 is 0 Å². The third-order valence-electron chi connectivity index (χ3n) is 30.2. The molecule has 7 N–H and O–H groups in total. The van der Waals surface area contributed by atoms with Crippen molar-refractivity contribution in [3.63, 3.8) is 0 Å². The second-order valence-corrected chi connectivity index (χ2v) is 40.1. The van der Waals surface area contributed by atoms with E-state index < -0.39 is 139 Å². The highest BCUT2D eigenvalue weighted by Gasteiger charge is 2.63. The number of carboxylic acid groups (broad SMARTS) is 1. The molecule has 8 saturated heterocycles. The molecular weight excluding hydrogens is 1730 g/mol. The maximum absolute atomic E-state index is 14.4. The largest absolute Gasteiger partial charge is 0.478 e. The number of benzene rings is 1. The van der Waals surface area contributed by atoms with Gasteiger partial charge in [-0.1, -0.05) is 153 Å². The Hall–Kier alpha value is -5.93. The molecule has 30 heteroatoms. The fourth-order valence-electron chi connectivity index (χ4n) is 22.5. The van der Waals surface area contributed by atoms with Gasteiger partial charge in [-0.3, -0.25) is 9.59 Å². The molecule has 15 rings (SSSR count). The second kappa shape index (κ2) is 45.8. The number of nitrogens with one attached hydrogen (secondary N) is 2. The lowest BCUT2D eigenvalue weighted by Crippen LogP contribution is -2.58. The van der Waals surface area contributed by atoms with Gasteiger partial charge in [-0.25, -0.2) is 4.79 Å². The summed E-state index contributed by atoms with van der Waals surface area (Å²) in [7, 11) is 10.6. The maximum Gasteiger partial charge on any atom is 0.335 e. The number of esters is 2. The first-order chi connectivity index (χ1) is 63.8. The van der Waals surface area contributed by atoms with Crippen LogP contribution in [-0.2, 0) is 104 Å². The number of fused-ring (bicyclic) bond motifs is 4. The Bertz CT molecular complexity index is 4410. The number of methoxy groups -OCH3 is 4. The van der Waals surface area contributed by atoms with E-state index in [1.807, 2.05) is 78.2 Å². The van der Waals surface area contributed by atoms with Crippen LogP contribution in [0.4, 0.5) is 0 Å². The molecule has 14 aliphatic rings. The van der Waals surface area contributed by atoms with Gasteiger partial charge in [0.05, 0.1) is 116 Å². The SMILES string of the molecule is CC[C@H](C)[C@H]1O[C@]2(C=C[C@@H]1C)C[C@@H]1C[C@@H](C/C=C(\C)[C@@H](O[C@H]3C[C@H](OC)[C@@H](O[C@H]4C[C@@H](OC)[C@H](NC)[C@@H](C)O4)[C@H](C)O3)[C@@H](C)/C=C/C=C3\CO[C@@H]4[C@H](O)C(C)=C[C@@H](C(=O)O1)[C@]34O)O2.CN[C@@H]1[C@@H](C)O[C@@H](O[C@H]2[C@H](C)O[C@@H](O[C@@H]3/C(C)=C\C[C@@H]4C[C@@H](C[C@]5(C=C[C@H](C)[C@@H](C(C)C)O5)O4)OC(=O)[C@@H]4C=C(C)[C@@H](O)[C@H]5OCC(=CC=C[C@@H]3C)[C@]54O)C[C@@H]2OC)C[C@H]1OC.O=C(O)c1ccccc1. The Kier molecular flexibility index (Phi) is 36.0. The maximum atomic E-state index is 14.4. The highest BCUT2D eigenvalue weighted by atomic mass is 16.8. The Morgan fingerprint density at radius 3 is 1.26 bits per heavy atom. The molecule has 2 spiro atoms. The predicted molar refractivity (Wildman–Crippen MR) is 497 cm³/mol. The van der Waals surface area contributed by atoms with Crippen LogP contribution in [0.15, 0.2) is 149 Å². The highest BCUT2D eigenvalue weighted by molar-refractivity contribution is 5.87. The van der Waals surface area contributed by atoms with Crippen molar-refractivity contribution in [3.8, 4) is 0 Å². The minimum absolute atomic E-state index is 0.0407. The number of ether oxygens (including phenoxy) is 20. The minimum atomic E-state index is -1.83. The Morgan fingerprint density at radius 2 is 0.881 bits per heavy atom. The standard InChI is InChI=1S/C49H75NO13.C48H73NO13.C7H6O2/c1-12-26(2)44-29(5)18-19-48(63-44)24-35-21-34(62-48)17-16-28(4)43(27(3)14-13-15-33-25-56-46-42(51)30(6)20-36(47(52)59-35)49(33,46)53)60-40-23-38(55-11)45(32(8)58-40)61-39-22-37(54-10)41(50-9)31(7)57-39;1-25(2)42-28(5)17-18-47(62-42)23-34-20-33(61-47)16-15-27(4)43(26(3)13-12-14-32-24-55-45-41(50)29(6)19-35(46(51)58-34)48(32,45)52)59-39-22-37(54-11)44(31(8)57-39)60-38-21-36(53-10)40(49-9)30(7)56-38;8-7(9)6-4-2-1-3-5-6/h13-16,18-20,26-27,29,31-32,34-46,50-51,53H,12,17,21-25H2,1-11H3;12-15,17-19,25-26,28,30-31,33-45,49-50,52H,16,20-24H2,1-11H3;1-5H,(H,8,9)/b14-13+,28-16+,33-15+;13-12?,27-15-,32-14?;/t26-,27-,29-,31+,32-,34+,35-,36-,37+,38-,39-,40-,41+,42+,43-,44+,45-,46+,48+,49+;26-,28-,30+,31-,33+,34-,35-,36+,37-,38-,39-,40+,41+,42+,43-,44-,45+,47+,48+;/m00./s1. The summed E-state index contributed by atoms with van der Waals surface area (Å²) in [6.45, 7) is 32.7. The van der Waals surface area contributed by atoms with Gasteiger partial charge in [-0.15, -0.1) is 0 Å². The number of rotatable bonds is 18. The van der Waals surface area contributed by atoms with Gasteiger partial charge in [0.25, 0.3) is 0 Å². The van der Waals surface area contributed by atoms with E-state index in [2.05, 4.69) is 104 Å². The molecule has 1 aromatic rings. The van der Waals surface area contributed by atoms with E-state index in [4.69, 9.17) is 99.8 Å². The monoisotopic (exact) mass is 1880 g/mol. The topological polar surface area (TPSA) is 361 Å². The third kappa shape index (κ3) is 23.4. The predicted octanol–water partition coefficient (Wildman–Crippen LogP) is 12.2. The summed E-state index contributed by atoms with van der Waals surface area (Å²) in [5.74, 6) is -5.95. The van der Waals surface area contributed by atoms with Crippen LogP contribution < -0.4 is 10.6 Å². The summed E-state index contributed by atoms with van der Waals surface area (Å²) < 4.78 is 129. The van der Waals surface area contributed by atoms with Crippen molar-refractivity contribution in [3.05, 3.63) is 154 Å². The summed E-state index contributed by atoms with van der Waals surface area (Å²) >= 11 is 0. The molecule has 12 aliphatic heterocycles. The summed E-state index contributed by atoms with van der Waals surface area (Å²) in [5, 5.41) is 62.5.